The molecule has 1 fully saturated rings. The lowest BCUT2D eigenvalue weighted by atomic mass is 10.0. The normalized spacial score (nSPS) is 20.0. The van der Waals surface area contributed by atoms with E-state index >= 15 is 0 Å². The number of hydrogen-bond acceptors (Lipinski definition) is 6. The number of pyridine rings is 1. The second kappa shape index (κ2) is 11.0. The van der Waals surface area contributed by atoms with Gasteiger partial charge in [-0.25, -0.2) is 4.79 Å². The fourth-order valence-electron chi connectivity index (χ4n) is 4.17. The summed E-state index contributed by atoms with van der Waals surface area (Å²) in [6, 6.07) is 10.4. The highest BCUT2D eigenvalue weighted by molar-refractivity contribution is 5.94. The zero-order chi connectivity index (χ0) is 24.9. The molecule has 0 unspecified atom stereocenters. The molecule has 0 saturated carbocycles. The molecule has 34 heavy (non-hydrogen) atoms. The van der Waals surface area contributed by atoms with Gasteiger partial charge in [0.1, 0.15) is 11.7 Å². The molecule has 0 bridgehead atoms. The Morgan fingerprint density at radius 3 is 2.50 bits per heavy atom. The first kappa shape index (κ1) is 25.6. The molecule has 0 radical (unpaired) electrons. The molecular formula is C26H36N4O4. The number of aliphatic hydroxyl groups is 1. The minimum Gasteiger partial charge on any atom is -0.444 e. The van der Waals surface area contributed by atoms with E-state index < -0.39 is 23.8 Å². The van der Waals surface area contributed by atoms with Gasteiger partial charge < -0.3 is 20.5 Å². The number of amides is 2. The zero-order valence-corrected chi connectivity index (χ0v) is 20.6. The molecule has 2 amide bonds. The lowest BCUT2D eigenvalue weighted by Crippen LogP contribution is -2.47. The molecule has 1 aromatic heterocycles. The van der Waals surface area contributed by atoms with Crippen molar-refractivity contribution in [2.24, 2.45) is 0 Å². The van der Waals surface area contributed by atoms with Crippen molar-refractivity contribution in [3.8, 4) is 0 Å². The minimum atomic E-state index is -0.849. The summed E-state index contributed by atoms with van der Waals surface area (Å²) in [7, 11) is 1.74. The Balaban J connectivity index is 1.76. The van der Waals surface area contributed by atoms with Gasteiger partial charge in [-0.3, -0.25) is 14.7 Å². The van der Waals surface area contributed by atoms with Crippen LogP contribution >= 0.6 is 0 Å². The number of benzene rings is 1. The van der Waals surface area contributed by atoms with E-state index in [9.17, 15) is 14.7 Å². The van der Waals surface area contributed by atoms with E-state index in [1.165, 1.54) is 0 Å². The highest BCUT2D eigenvalue weighted by atomic mass is 16.6. The predicted octanol–water partition coefficient (Wildman–Crippen LogP) is 3.67. The Labute approximate surface area is 201 Å². The van der Waals surface area contributed by atoms with Crippen LogP contribution in [0, 0.1) is 0 Å². The van der Waals surface area contributed by atoms with Gasteiger partial charge in [0, 0.05) is 29.7 Å². The molecule has 3 N–H and O–H groups in total. The molecule has 2 heterocycles. The standard InChI is InChI=1S/C26H36N4O4/c1-17(27-5)24(32)29-20-10-8-18(9-11-20)15-21-12-13-22(23(31)19-7-6-14-28-16-19)30(21)25(33)34-26(2,3)4/h6-11,14,16-17,21-23,27,31H,12-13,15H2,1-5H3,(H,29,32)/t17-,21+,22-,23-/m1/s1. The number of nitrogens with zero attached hydrogens (tertiary/aromatic N) is 2. The molecule has 1 aliphatic heterocycles. The maximum absolute atomic E-state index is 13.2. The number of hydrogen-bond donors (Lipinski definition) is 3. The van der Waals surface area contributed by atoms with Gasteiger partial charge in [-0.2, -0.15) is 0 Å². The summed E-state index contributed by atoms with van der Waals surface area (Å²) in [5.74, 6) is -0.102. The third-order valence-electron chi connectivity index (χ3n) is 6.06. The maximum Gasteiger partial charge on any atom is 0.410 e. The first-order valence-corrected chi connectivity index (χ1v) is 11.8. The van der Waals surface area contributed by atoms with Gasteiger partial charge in [-0.05, 0) is 77.8 Å². The van der Waals surface area contributed by atoms with Crippen LogP contribution in [0.4, 0.5) is 10.5 Å². The van der Waals surface area contributed by atoms with E-state index in [-0.39, 0.29) is 18.0 Å². The summed E-state index contributed by atoms with van der Waals surface area (Å²) in [6.07, 6.45) is 4.05. The summed E-state index contributed by atoms with van der Waals surface area (Å²) in [6.45, 7) is 7.31. The highest BCUT2D eigenvalue weighted by Crippen LogP contribution is 2.35. The van der Waals surface area contributed by atoms with E-state index in [0.717, 1.165) is 17.7 Å². The van der Waals surface area contributed by atoms with E-state index in [0.29, 0.717) is 18.4 Å². The molecule has 0 spiro atoms. The number of nitrogens with one attached hydrogen (secondary N) is 2. The third kappa shape index (κ3) is 6.55. The molecule has 8 nitrogen and oxygen atoms in total. The first-order chi connectivity index (χ1) is 16.1. The van der Waals surface area contributed by atoms with Crippen LogP contribution in [0.2, 0.25) is 0 Å². The molecule has 1 aliphatic rings. The quantitative estimate of drug-likeness (QED) is 0.573. The van der Waals surface area contributed by atoms with Crippen molar-refractivity contribution in [2.75, 3.05) is 12.4 Å². The smallest absolute Gasteiger partial charge is 0.410 e. The van der Waals surface area contributed by atoms with Crippen LogP contribution in [-0.4, -0.2) is 57.8 Å². The summed E-state index contributed by atoms with van der Waals surface area (Å²) >= 11 is 0. The van der Waals surface area contributed by atoms with E-state index in [1.807, 2.05) is 51.1 Å². The Hall–Kier alpha value is -2.97. The van der Waals surface area contributed by atoms with Crippen molar-refractivity contribution in [2.45, 2.75) is 76.8 Å². The molecule has 184 valence electrons. The Morgan fingerprint density at radius 1 is 1.21 bits per heavy atom. The lowest BCUT2D eigenvalue weighted by Gasteiger charge is -2.34. The fraction of sp³-hybridized carbons (Fsp3) is 0.500. The van der Waals surface area contributed by atoms with Gasteiger partial charge in [0.05, 0.1) is 12.1 Å². The number of ether oxygens (including phenoxy) is 1. The van der Waals surface area contributed by atoms with Crippen molar-refractivity contribution >= 4 is 17.7 Å². The molecule has 3 rings (SSSR count). The molecule has 0 aliphatic carbocycles. The SMILES string of the molecule is CN[C@H](C)C(=O)Nc1ccc(C[C@@H]2CC[C@H]([C@H](O)c3cccnc3)N2C(=O)OC(C)(C)C)cc1. The van der Waals surface area contributed by atoms with E-state index in [4.69, 9.17) is 4.74 Å². The largest absolute Gasteiger partial charge is 0.444 e. The average Bonchev–Trinajstić information content (AvgIpc) is 3.22. The summed E-state index contributed by atoms with van der Waals surface area (Å²) in [5, 5.41) is 16.9. The number of anilines is 1. The third-order valence-corrected chi connectivity index (χ3v) is 6.06. The second-order valence-corrected chi connectivity index (χ2v) is 9.82. The van der Waals surface area contributed by atoms with Crippen molar-refractivity contribution in [1.82, 2.24) is 15.2 Å². The highest BCUT2D eigenvalue weighted by Gasteiger charge is 2.43. The van der Waals surface area contributed by atoms with Crippen LogP contribution in [0.1, 0.15) is 57.8 Å². The van der Waals surface area contributed by atoms with Crippen LogP contribution in [0.3, 0.4) is 0 Å². The Kier molecular flexibility index (Phi) is 8.28. The molecule has 2 aromatic rings. The predicted molar refractivity (Wildman–Crippen MR) is 131 cm³/mol. The molecule has 4 atom stereocenters. The summed E-state index contributed by atoms with van der Waals surface area (Å²) in [4.78, 5) is 31.1. The fourth-order valence-corrected chi connectivity index (χ4v) is 4.17. The van der Waals surface area contributed by atoms with Gasteiger partial charge >= 0.3 is 6.09 Å². The van der Waals surface area contributed by atoms with E-state index in [2.05, 4.69) is 15.6 Å². The van der Waals surface area contributed by atoms with Gasteiger partial charge in [0.15, 0.2) is 0 Å². The Morgan fingerprint density at radius 2 is 1.91 bits per heavy atom. The van der Waals surface area contributed by atoms with Crippen LogP contribution in [-0.2, 0) is 16.0 Å². The van der Waals surface area contributed by atoms with Gasteiger partial charge in [-0.1, -0.05) is 18.2 Å². The zero-order valence-electron chi connectivity index (χ0n) is 20.6. The van der Waals surface area contributed by atoms with Crippen molar-refractivity contribution < 1.29 is 19.4 Å². The molecule has 1 saturated heterocycles. The number of likely N-dealkylation sites (N-methyl/N-ethyl adjacent to an activating group) is 1. The number of aliphatic hydroxyl groups excluding tert-OH is 1. The number of likely N-dealkylation sites (tertiary alicyclic amines) is 1. The minimum absolute atomic E-state index is 0.102. The van der Waals surface area contributed by atoms with Crippen molar-refractivity contribution in [3.63, 3.8) is 0 Å². The maximum atomic E-state index is 13.2. The van der Waals surface area contributed by atoms with Gasteiger partial charge in [0.25, 0.3) is 0 Å². The topological polar surface area (TPSA) is 104 Å². The summed E-state index contributed by atoms with van der Waals surface area (Å²) < 4.78 is 5.71. The number of rotatable bonds is 7. The monoisotopic (exact) mass is 468 g/mol. The van der Waals surface area contributed by atoms with Crippen molar-refractivity contribution in [1.29, 1.82) is 0 Å². The first-order valence-electron chi connectivity index (χ1n) is 11.8. The van der Waals surface area contributed by atoms with Crippen LogP contribution in [0.15, 0.2) is 48.8 Å². The van der Waals surface area contributed by atoms with Crippen LogP contribution in [0.25, 0.3) is 0 Å². The van der Waals surface area contributed by atoms with Crippen molar-refractivity contribution in [3.05, 3.63) is 59.9 Å². The number of carbonyl (C=O) groups is 2. The summed E-state index contributed by atoms with van der Waals surface area (Å²) in [5.41, 5.74) is 1.79. The van der Waals surface area contributed by atoms with Gasteiger partial charge in [0.2, 0.25) is 5.91 Å². The van der Waals surface area contributed by atoms with E-state index in [1.54, 1.807) is 37.3 Å². The van der Waals surface area contributed by atoms with Crippen LogP contribution < -0.4 is 10.6 Å². The number of carbonyl (C=O) groups excluding carboxylic acids is 2. The second-order valence-electron chi connectivity index (χ2n) is 9.82. The molecule has 1 aromatic carbocycles. The average molecular weight is 469 g/mol. The molecule has 8 heteroatoms. The Bertz CT molecular complexity index is 959. The lowest BCUT2D eigenvalue weighted by molar-refractivity contribution is -0.117. The molecular weight excluding hydrogens is 432 g/mol. The van der Waals surface area contributed by atoms with Crippen LogP contribution in [0.5, 0.6) is 0 Å². The van der Waals surface area contributed by atoms with Gasteiger partial charge in [-0.15, -0.1) is 0 Å². The number of aromatic nitrogens is 1.